The van der Waals surface area contributed by atoms with Crippen molar-refractivity contribution in [3.63, 3.8) is 0 Å². The second kappa shape index (κ2) is 10.3. The number of morpholine rings is 1. The first-order valence-electron chi connectivity index (χ1n) is 10.1. The van der Waals surface area contributed by atoms with Crippen LogP contribution in [-0.2, 0) is 4.74 Å². The lowest BCUT2D eigenvalue weighted by Gasteiger charge is -2.27. The molecule has 1 saturated heterocycles. The first-order valence-corrected chi connectivity index (χ1v) is 10.1. The first kappa shape index (κ1) is 22.5. The van der Waals surface area contributed by atoms with Crippen LogP contribution in [0.5, 0.6) is 0 Å². The van der Waals surface area contributed by atoms with Crippen LogP contribution in [0.4, 0.5) is 34.9 Å². The summed E-state index contributed by atoms with van der Waals surface area (Å²) in [6.45, 7) is 2.21. The van der Waals surface area contributed by atoms with Crippen molar-refractivity contribution in [2.45, 2.75) is 0 Å². The number of anilines is 4. The smallest absolute Gasteiger partial charge is 0.278 e. The van der Waals surface area contributed by atoms with Gasteiger partial charge in [0.1, 0.15) is 0 Å². The second-order valence-electron chi connectivity index (χ2n) is 7.00. The Morgan fingerprint density at radius 1 is 0.941 bits per heavy atom. The predicted molar refractivity (Wildman–Crippen MR) is 124 cm³/mol. The number of hydrogen-bond donors (Lipinski definition) is 2. The molecule has 34 heavy (non-hydrogen) atoms. The minimum Gasteiger partial charge on any atom is -0.378 e. The van der Waals surface area contributed by atoms with Crippen molar-refractivity contribution in [3.05, 3.63) is 74.3 Å². The minimum atomic E-state index is -0.493. The van der Waals surface area contributed by atoms with Gasteiger partial charge in [-0.2, -0.15) is 20.1 Å². The number of rotatable bonds is 8. The molecule has 14 nitrogen and oxygen atoms in total. The van der Waals surface area contributed by atoms with Gasteiger partial charge in [-0.1, -0.05) is 12.1 Å². The molecule has 0 aliphatic carbocycles. The van der Waals surface area contributed by atoms with E-state index in [0.29, 0.717) is 43.5 Å². The highest BCUT2D eigenvalue weighted by molar-refractivity contribution is 5.85. The van der Waals surface area contributed by atoms with Crippen LogP contribution in [0.2, 0.25) is 0 Å². The molecule has 2 N–H and O–H groups in total. The van der Waals surface area contributed by atoms with Gasteiger partial charge in [0.05, 0.1) is 34.8 Å². The van der Waals surface area contributed by atoms with Crippen molar-refractivity contribution in [3.8, 4) is 0 Å². The van der Waals surface area contributed by atoms with Crippen LogP contribution in [0.1, 0.15) is 5.56 Å². The molecule has 0 radical (unpaired) electrons. The third kappa shape index (κ3) is 5.55. The number of para-hydroxylation sites is 1. The highest BCUT2D eigenvalue weighted by atomic mass is 16.6. The SMILES string of the molecule is O=[N+]([O-])c1ccc(Nc2nc(N/N=C/c3ccccc3[N+](=O)[O-])nc(N3CCOCC3)n2)cc1. The Balaban J connectivity index is 1.58. The van der Waals surface area contributed by atoms with Gasteiger partial charge in [0.15, 0.2) is 0 Å². The maximum Gasteiger partial charge on any atom is 0.278 e. The van der Waals surface area contributed by atoms with E-state index in [9.17, 15) is 20.2 Å². The lowest BCUT2D eigenvalue weighted by atomic mass is 10.2. The van der Waals surface area contributed by atoms with Gasteiger partial charge in [-0.15, -0.1) is 0 Å². The summed E-state index contributed by atoms with van der Waals surface area (Å²) in [5, 5.41) is 29.1. The molecule has 1 aliphatic heterocycles. The van der Waals surface area contributed by atoms with Crippen LogP contribution in [-0.4, -0.2) is 57.3 Å². The van der Waals surface area contributed by atoms with Crippen LogP contribution in [0.25, 0.3) is 0 Å². The average Bonchev–Trinajstić information content (AvgIpc) is 2.85. The van der Waals surface area contributed by atoms with E-state index in [2.05, 4.69) is 30.8 Å². The Morgan fingerprint density at radius 3 is 2.35 bits per heavy atom. The van der Waals surface area contributed by atoms with E-state index in [4.69, 9.17) is 4.74 Å². The van der Waals surface area contributed by atoms with E-state index in [-0.39, 0.29) is 23.3 Å². The predicted octanol–water partition coefficient (Wildman–Crippen LogP) is 2.71. The Hall–Kier alpha value is -4.72. The van der Waals surface area contributed by atoms with Crippen LogP contribution in [0, 0.1) is 20.2 Å². The molecule has 1 fully saturated rings. The summed E-state index contributed by atoms with van der Waals surface area (Å²) < 4.78 is 5.37. The Labute approximate surface area is 192 Å². The molecule has 0 atom stereocenters. The van der Waals surface area contributed by atoms with Gasteiger partial charge in [-0.3, -0.25) is 20.2 Å². The van der Waals surface area contributed by atoms with Crippen molar-refractivity contribution in [2.75, 3.05) is 41.9 Å². The zero-order valence-electron chi connectivity index (χ0n) is 17.7. The third-order valence-corrected chi connectivity index (χ3v) is 4.75. The Kier molecular flexibility index (Phi) is 6.78. The number of non-ortho nitro benzene ring substituents is 1. The van der Waals surface area contributed by atoms with E-state index >= 15 is 0 Å². The van der Waals surface area contributed by atoms with Crippen molar-refractivity contribution in [1.82, 2.24) is 15.0 Å². The molecule has 14 heteroatoms. The lowest BCUT2D eigenvalue weighted by Crippen LogP contribution is -2.37. The molecule has 174 valence electrons. The highest BCUT2D eigenvalue weighted by Crippen LogP contribution is 2.21. The van der Waals surface area contributed by atoms with Gasteiger partial charge in [0.2, 0.25) is 17.8 Å². The topological polar surface area (TPSA) is 174 Å². The fraction of sp³-hybridized carbons (Fsp3) is 0.200. The first-order chi connectivity index (χ1) is 16.5. The molecular formula is C20H19N9O5. The molecule has 3 aromatic rings. The van der Waals surface area contributed by atoms with Gasteiger partial charge in [0, 0.05) is 37.0 Å². The zero-order valence-corrected chi connectivity index (χ0v) is 17.7. The van der Waals surface area contributed by atoms with Crippen molar-refractivity contribution in [2.24, 2.45) is 5.10 Å². The zero-order chi connectivity index (χ0) is 23.9. The standard InChI is InChI=1S/C20H19N9O5/c30-28(31)16-7-5-15(6-8-16)22-18-23-19(25-20(24-18)27-9-11-34-12-10-27)26-21-13-14-3-1-2-4-17(14)29(32)33/h1-8,13H,9-12H2,(H2,22,23,24,25,26)/b21-13+. The monoisotopic (exact) mass is 465 g/mol. The normalized spacial score (nSPS) is 13.6. The molecule has 0 unspecified atom stereocenters. The van der Waals surface area contributed by atoms with Gasteiger partial charge in [0.25, 0.3) is 11.4 Å². The van der Waals surface area contributed by atoms with Crippen molar-refractivity contribution in [1.29, 1.82) is 0 Å². The van der Waals surface area contributed by atoms with E-state index in [0.717, 1.165) is 0 Å². The van der Waals surface area contributed by atoms with Crippen LogP contribution < -0.4 is 15.6 Å². The summed E-state index contributed by atoms with van der Waals surface area (Å²) in [6, 6.07) is 12.0. The van der Waals surface area contributed by atoms with Gasteiger partial charge < -0.3 is 15.0 Å². The van der Waals surface area contributed by atoms with Crippen LogP contribution >= 0.6 is 0 Å². The van der Waals surface area contributed by atoms with Gasteiger partial charge in [-0.25, -0.2) is 5.43 Å². The number of ether oxygens (including phenoxy) is 1. The van der Waals surface area contributed by atoms with Gasteiger partial charge in [-0.05, 0) is 18.2 Å². The molecule has 4 rings (SSSR count). The summed E-state index contributed by atoms with van der Waals surface area (Å²) in [4.78, 5) is 36.1. The Morgan fingerprint density at radius 2 is 1.65 bits per heavy atom. The molecule has 0 saturated carbocycles. The maximum atomic E-state index is 11.2. The van der Waals surface area contributed by atoms with Crippen LogP contribution in [0.3, 0.4) is 0 Å². The summed E-state index contributed by atoms with van der Waals surface area (Å²) in [6.07, 6.45) is 1.31. The lowest BCUT2D eigenvalue weighted by molar-refractivity contribution is -0.385. The van der Waals surface area contributed by atoms with E-state index < -0.39 is 9.85 Å². The average molecular weight is 465 g/mol. The molecule has 2 aromatic carbocycles. The fourth-order valence-electron chi connectivity index (χ4n) is 3.09. The number of nitro groups is 2. The van der Waals surface area contributed by atoms with Crippen molar-refractivity contribution >= 4 is 41.1 Å². The van der Waals surface area contributed by atoms with E-state index in [1.807, 2.05) is 4.90 Å². The largest absolute Gasteiger partial charge is 0.378 e. The third-order valence-electron chi connectivity index (χ3n) is 4.75. The second-order valence-corrected chi connectivity index (χ2v) is 7.00. The van der Waals surface area contributed by atoms with Crippen LogP contribution in [0.15, 0.2) is 53.6 Å². The number of aromatic nitrogens is 3. The molecule has 0 spiro atoms. The van der Waals surface area contributed by atoms with E-state index in [1.165, 1.54) is 36.5 Å². The summed E-state index contributed by atoms with van der Waals surface area (Å²) in [5.74, 6) is 0.676. The number of hydrogen-bond acceptors (Lipinski definition) is 12. The van der Waals surface area contributed by atoms with E-state index in [1.54, 1.807) is 18.2 Å². The summed E-state index contributed by atoms with van der Waals surface area (Å²) in [7, 11) is 0. The molecular weight excluding hydrogens is 446 g/mol. The summed E-state index contributed by atoms with van der Waals surface area (Å²) >= 11 is 0. The molecule has 1 aliphatic rings. The Bertz CT molecular complexity index is 1210. The molecule has 0 amide bonds. The molecule has 2 heterocycles. The number of nitrogens with one attached hydrogen (secondary N) is 2. The fourth-order valence-corrected chi connectivity index (χ4v) is 3.09. The number of nitro benzene ring substituents is 2. The number of hydrazone groups is 1. The van der Waals surface area contributed by atoms with Crippen molar-refractivity contribution < 1.29 is 14.6 Å². The number of benzene rings is 2. The highest BCUT2D eigenvalue weighted by Gasteiger charge is 2.17. The number of nitrogens with zero attached hydrogens (tertiary/aromatic N) is 7. The molecule has 0 bridgehead atoms. The van der Waals surface area contributed by atoms with Gasteiger partial charge >= 0.3 is 0 Å². The molecule has 1 aromatic heterocycles. The minimum absolute atomic E-state index is 0.0399. The quantitative estimate of drug-likeness (QED) is 0.284. The summed E-state index contributed by atoms with van der Waals surface area (Å²) in [5.41, 5.74) is 3.41. The maximum absolute atomic E-state index is 11.2.